The predicted molar refractivity (Wildman–Crippen MR) is 320 cm³/mol. The van der Waals surface area contributed by atoms with E-state index < -0.39 is 67.4 Å². The van der Waals surface area contributed by atoms with Gasteiger partial charge in [-0.05, 0) is 70.6 Å². The Morgan fingerprint density at radius 1 is 0.519 bits per heavy atom. The van der Waals surface area contributed by atoms with Gasteiger partial charge in [0.15, 0.2) is 12.4 Å². The lowest BCUT2D eigenvalue weighted by molar-refractivity contribution is -0.305. The number of carbonyl (C=O) groups is 2. The van der Waals surface area contributed by atoms with Gasteiger partial charge in [0.1, 0.15) is 24.4 Å². The Bertz CT molecular complexity index is 1480. The van der Waals surface area contributed by atoms with Gasteiger partial charge in [-0.25, -0.2) is 0 Å². The molecule has 0 saturated carbocycles. The molecule has 0 aromatic rings. The van der Waals surface area contributed by atoms with E-state index >= 15 is 0 Å². The molecule has 448 valence electrons. The molecule has 11 nitrogen and oxygen atoms in total. The highest BCUT2D eigenvalue weighted by molar-refractivity contribution is 5.80. The highest BCUT2D eigenvalue weighted by Gasteiger charge is 2.47. The third-order valence-corrected chi connectivity index (χ3v) is 15.0. The smallest absolute Gasteiger partial charge is 0.306 e. The van der Waals surface area contributed by atoms with Gasteiger partial charge in [-0.1, -0.05) is 268 Å². The molecule has 0 spiro atoms. The number of amides is 1. The van der Waals surface area contributed by atoms with Crippen LogP contribution >= 0.6 is 0 Å². The molecular weight excluding hydrogens is 967 g/mol. The number of esters is 1. The van der Waals surface area contributed by atoms with Crippen LogP contribution < -0.4 is 5.32 Å². The van der Waals surface area contributed by atoms with Crippen molar-refractivity contribution in [3.63, 3.8) is 0 Å². The van der Waals surface area contributed by atoms with Crippen LogP contribution in [0.1, 0.15) is 284 Å². The first-order chi connectivity index (χ1) is 37.7. The van der Waals surface area contributed by atoms with Crippen LogP contribution in [-0.4, -0.2) is 99.6 Å². The fraction of sp³-hybridized carbons (Fsp3) is 0.818. The molecule has 1 heterocycles. The van der Waals surface area contributed by atoms with Crippen molar-refractivity contribution in [2.45, 2.75) is 333 Å². The number of allylic oxidation sites excluding steroid dienone is 9. The van der Waals surface area contributed by atoms with Crippen LogP contribution in [0.5, 0.6) is 0 Å². The minimum atomic E-state index is -1.62. The third kappa shape index (κ3) is 42.0. The van der Waals surface area contributed by atoms with Gasteiger partial charge in [0.2, 0.25) is 5.91 Å². The summed E-state index contributed by atoms with van der Waals surface area (Å²) in [5.74, 6) is -1.21. The molecule has 1 aliphatic heterocycles. The maximum absolute atomic E-state index is 13.4. The van der Waals surface area contributed by atoms with Crippen LogP contribution in [0.4, 0.5) is 0 Å². The van der Waals surface area contributed by atoms with Crippen LogP contribution in [0.2, 0.25) is 0 Å². The van der Waals surface area contributed by atoms with E-state index in [4.69, 9.17) is 14.2 Å². The van der Waals surface area contributed by atoms with Gasteiger partial charge >= 0.3 is 5.97 Å². The largest absolute Gasteiger partial charge is 0.454 e. The van der Waals surface area contributed by atoms with Crippen LogP contribution in [-0.2, 0) is 23.8 Å². The Hall–Kier alpha value is -2.64. The van der Waals surface area contributed by atoms with Crippen molar-refractivity contribution in [3.8, 4) is 0 Å². The fourth-order valence-electron chi connectivity index (χ4n) is 9.88. The molecule has 0 aromatic carbocycles. The summed E-state index contributed by atoms with van der Waals surface area (Å²) in [7, 11) is 0. The minimum Gasteiger partial charge on any atom is -0.454 e. The Morgan fingerprint density at radius 3 is 1.43 bits per heavy atom. The Morgan fingerprint density at radius 2 is 0.948 bits per heavy atom. The van der Waals surface area contributed by atoms with Crippen LogP contribution in [0.3, 0.4) is 0 Å². The van der Waals surface area contributed by atoms with Gasteiger partial charge in [-0.2, -0.15) is 0 Å². The van der Waals surface area contributed by atoms with Crippen molar-refractivity contribution in [1.29, 1.82) is 0 Å². The van der Waals surface area contributed by atoms with Crippen LogP contribution in [0.25, 0.3) is 0 Å². The number of carbonyl (C=O) groups excluding carboxylic acids is 2. The first kappa shape index (κ1) is 72.4. The van der Waals surface area contributed by atoms with Gasteiger partial charge in [0.25, 0.3) is 0 Å². The number of ether oxygens (including phenoxy) is 3. The zero-order valence-corrected chi connectivity index (χ0v) is 49.6. The van der Waals surface area contributed by atoms with Crippen molar-refractivity contribution in [3.05, 3.63) is 60.8 Å². The van der Waals surface area contributed by atoms with Crippen molar-refractivity contribution >= 4 is 11.9 Å². The molecule has 8 unspecified atom stereocenters. The van der Waals surface area contributed by atoms with E-state index in [1.54, 1.807) is 6.08 Å². The normalized spacial score (nSPS) is 19.4. The molecule has 1 saturated heterocycles. The maximum atomic E-state index is 13.4. The minimum absolute atomic E-state index is 0.100. The Labute approximate surface area is 471 Å². The second kappa shape index (κ2) is 54.0. The van der Waals surface area contributed by atoms with Crippen molar-refractivity contribution in [1.82, 2.24) is 5.32 Å². The highest BCUT2D eigenvalue weighted by Crippen LogP contribution is 2.26. The summed E-state index contributed by atoms with van der Waals surface area (Å²) in [6, 6.07) is -1.03. The molecule has 0 radical (unpaired) electrons. The van der Waals surface area contributed by atoms with Gasteiger partial charge in [0, 0.05) is 6.42 Å². The number of aliphatic hydroxyl groups is 5. The first-order valence-corrected chi connectivity index (χ1v) is 32.1. The standard InChI is InChI=1S/C66H119NO10/c1-4-7-10-13-16-19-22-24-25-26-27-28-29-30-31-32-33-34-36-38-41-44-47-50-53-59(70)65(74)67-57(58(69)52-49-46-43-40-37-21-18-15-12-9-6-3)56-75-66-64(63(73)62(72)60(55-68)76-66)77-61(71)54-51-48-45-42-39-35-23-20-17-14-11-8-5-2/h8,11,14,17,20,23-25,49,52,57-60,62-64,66,68-70,72-73H,4-7,9-10,12-13,15-16,18-19,21-22,26-48,50-51,53-56H2,1-3H3,(H,67,74)/b11-8+,17-14+,23-20-,25-24+,52-49+. The molecule has 0 aromatic heterocycles. The van der Waals surface area contributed by atoms with E-state index in [-0.39, 0.29) is 13.0 Å². The Balaban J connectivity index is 2.59. The number of nitrogens with one attached hydrogen (secondary N) is 1. The lowest BCUT2D eigenvalue weighted by Gasteiger charge is -2.41. The van der Waals surface area contributed by atoms with Crippen LogP contribution in [0.15, 0.2) is 60.8 Å². The maximum Gasteiger partial charge on any atom is 0.306 e. The monoisotopic (exact) mass is 1090 g/mol. The molecule has 0 bridgehead atoms. The van der Waals surface area contributed by atoms with E-state index in [0.717, 1.165) is 77.0 Å². The molecule has 8 atom stereocenters. The van der Waals surface area contributed by atoms with E-state index in [1.165, 1.54) is 161 Å². The summed E-state index contributed by atoms with van der Waals surface area (Å²) in [5.41, 5.74) is 0. The summed E-state index contributed by atoms with van der Waals surface area (Å²) in [6.07, 6.45) is 57.1. The fourth-order valence-corrected chi connectivity index (χ4v) is 9.88. The summed E-state index contributed by atoms with van der Waals surface area (Å²) in [5, 5.41) is 56.9. The molecule has 0 aliphatic carbocycles. The number of hydrogen-bond acceptors (Lipinski definition) is 10. The molecule has 77 heavy (non-hydrogen) atoms. The number of aliphatic hydroxyl groups excluding tert-OH is 5. The van der Waals surface area contributed by atoms with Crippen molar-refractivity contribution in [2.75, 3.05) is 13.2 Å². The molecule has 1 amide bonds. The molecule has 1 rings (SSSR count). The summed E-state index contributed by atoms with van der Waals surface area (Å²) >= 11 is 0. The van der Waals surface area contributed by atoms with Gasteiger partial charge in [-0.15, -0.1) is 0 Å². The van der Waals surface area contributed by atoms with E-state index in [1.807, 2.05) is 24.3 Å². The molecular formula is C66H119NO10. The quantitative estimate of drug-likeness (QED) is 0.0149. The molecule has 1 aliphatic rings. The molecule has 1 fully saturated rings. The topological polar surface area (TPSA) is 175 Å². The molecule has 11 heteroatoms. The zero-order valence-electron chi connectivity index (χ0n) is 49.6. The van der Waals surface area contributed by atoms with Gasteiger partial charge in [-0.3, -0.25) is 9.59 Å². The number of rotatable bonds is 54. The summed E-state index contributed by atoms with van der Waals surface area (Å²) in [4.78, 5) is 26.5. The van der Waals surface area contributed by atoms with E-state index in [0.29, 0.717) is 19.3 Å². The SMILES string of the molecule is CC/C=C/C=C/C=C\CCCCCCCC(=O)OC1C(OCC(NC(=O)C(O)CCCCCCCCCCCCCCCC/C=C/CCCCCCCC)C(O)/C=C/CCCCCCCCCCC)OC(CO)C(O)C1O. The van der Waals surface area contributed by atoms with Gasteiger partial charge in [0.05, 0.1) is 25.4 Å². The second-order valence-corrected chi connectivity index (χ2v) is 22.2. The third-order valence-electron chi connectivity index (χ3n) is 15.0. The van der Waals surface area contributed by atoms with E-state index in [2.05, 4.69) is 56.5 Å². The highest BCUT2D eigenvalue weighted by atomic mass is 16.7. The summed E-state index contributed by atoms with van der Waals surface area (Å²) in [6.45, 7) is 5.64. The first-order valence-electron chi connectivity index (χ1n) is 32.1. The van der Waals surface area contributed by atoms with Gasteiger partial charge < -0.3 is 45.1 Å². The Kier molecular flexibility index (Phi) is 50.7. The average molecular weight is 1090 g/mol. The zero-order chi connectivity index (χ0) is 56.1. The second-order valence-electron chi connectivity index (χ2n) is 22.2. The lowest BCUT2D eigenvalue weighted by Crippen LogP contribution is -2.61. The number of unbranched alkanes of at least 4 members (excludes halogenated alkanes) is 34. The van der Waals surface area contributed by atoms with Crippen molar-refractivity contribution in [2.24, 2.45) is 0 Å². The summed E-state index contributed by atoms with van der Waals surface area (Å²) < 4.78 is 17.6. The van der Waals surface area contributed by atoms with E-state index in [9.17, 15) is 35.1 Å². The van der Waals surface area contributed by atoms with Crippen LogP contribution in [0, 0.1) is 0 Å². The predicted octanol–water partition coefficient (Wildman–Crippen LogP) is 15.4. The average Bonchev–Trinajstić information content (AvgIpc) is 3.44. The van der Waals surface area contributed by atoms with Crippen molar-refractivity contribution < 1.29 is 49.3 Å². The lowest BCUT2D eigenvalue weighted by atomic mass is 9.99. The molecule has 6 N–H and O–H groups in total. The number of hydrogen-bond donors (Lipinski definition) is 6.